The van der Waals surface area contributed by atoms with E-state index in [1.807, 2.05) is 0 Å². The van der Waals surface area contributed by atoms with Crippen molar-refractivity contribution in [2.75, 3.05) is 13.1 Å². The molecule has 1 saturated heterocycles. The summed E-state index contributed by atoms with van der Waals surface area (Å²) < 4.78 is 0. The van der Waals surface area contributed by atoms with Crippen molar-refractivity contribution in [1.82, 2.24) is 4.90 Å². The number of hydrogen-bond acceptors (Lipinski definition) is 2. The van der Waals surface area contributed by atoms with Crippen LogP contribution in [0.4, 0.5) is 0 Å². The van der Waals surface area contributed by atoms with Crippen molar-refractivity contribution in [3.8, 4) is 0 Å². The van der Waals surface area contributed by atoms with Gasteiger partial charge in [0, 0.05) is 24.0 Å². The highest BCUT2D eigenvalue weighted by Gasteiger charge is 2.52. The molecule has 2 bridgehead atoms. The van der Waals surface area contributed by atoms with Crippen molar-refractivity contribution < 1.29 is 4.79 Å². The third-order valence-corrected chi connectivity index (χ3v) is 5.15. The summed E-state index contributed by atoms with van der Waals surface area (Å²) in [5.74, 6) is 0.451. The largest absolute Gasteiger partial charge is 0.342 e. The van der Waals surface area contributed by atoms with E-state index >= 15 is 0 Å². The molecule has 4 aliphatic rings. The summed E-state index contributed by atoms with van der Waals surface area (Å²) in [5, 5.41) is 0. The van der Waals surface area contributed by atoms with E-state index in [4.69, 9.17) is 5.73 Å². The normalized spacial score (nSPS) is 42.7. The second-order valence-electron chi connectivity index (χ2n) is 6.14. The van der Waals surface area contributed by atoms with Crippen LogP contribution in [0.25, 0.3) is 0 Å². The number of hydrogen-bond donors (Lipinski definition) is 1. The lowest BCUT2D eigenvalue weighted by Gasteiger charge is -2.51. The molecule has 16 heavy (non-hydrogen) atoms. The van der Waals surface area contributed by atoms with Gasteiger partial charge >= 0.3 is 0 Å². The zero-order valence-electron chi connectivity index (χ0n) is 10.0. The summed E-state index contributed by atoms with van der Waals surface area (Å²) in [5.41, 5.74) is 6.35. The van der Waals surface area contributed by atoms with Gasteiger partial charge < -0.3 is 10.6 Å². The first kappa shape index (κ1) is 10.6. The van der Waals surface area contributed by atoms with Crippen molar-refractivity contribution in [2.24, 2.45) is 11.1 Å². The van der Waals surface area contributed by atoms with Crippen LogP contribution in [-0.2, 0) is 4.79 Å². The third-order valence-electron chi connectivity index (χ3n) is 5.15. The van der Waals surface area contributed by atoms with Crippen molar-refractivity contribution >= 4 is 5.91 Å². The van der Waals surface area contributed by atoms with Crippen LogP contribution in [0.3, 0.4) is 0 Å². The SMILES string of the molecule is NC12CCC(C(=O)N3CCCC3)(CC1)CC2. The molecule has 1 heterocycles. The van der Waals surface area contributed by atoms with Crippen LogP contribution < -0.4 is 5.73 Å². The van der Waals surface area contributed by atoms with Gasteiger partial charge in [0.05, 0.1) is 0 Å². The van der Waals surface area contributed by atoms with E-state index in [2.05, 4.69) is 4.90 Å². The second kappa shape index (κ2) is 3.46. The molecule has 4 rings (SSSR count). The van der Waals surface area contributed by atoms with Gasteiger partial charge in [0.15, 0.2) is 0 Å². The lowest BCUT2D eigenvalue weighted by molar-refractivity contribution is -0.147. The van der Waals surface area contributed by atoms with Gasteiger partial charge in [0.25, 0.3) is 0 Å². The number of amides is 1. The van der Waals surface area contributed by atoms with E-state index in [1.165, 1.54) is 12.8 Å². The summed E-state index contributed by atoms with van der Waals surface area (Å²) in [6.07, 6.45) is 8.70. The Morgan fingerprint density at radius 3 is 1.94 bits per heavy atom. The predicted molar refractivity (Wildman–Crippen MR) is 62.9 cm³/mol. The fourth-order valence-electron chi connectivity index (χ4n) is 3.79. The fourth-order valence-corrected chi connectivity index (χ4v) is 3.79. The molecule has 3 nitrogen and oxygen atoms in total. The van der Waals surface area contributed by atoms with Gasteiger partial charge in [-0.1, -0.05) is 0 Å². The lowest BCUT2D eigenvalue weighted by atomic mass is 9.57. The Kier molecular flexibility index (Phi) is 2.29. The lowest BCUT2D eigenvalue weighted by Crippen LogP contribution is -2.56. The van der Waals surface area contributed by atoms with Crippen LogP contribution in [0.2, 0.25) is 0 Å². The third kappa shape index (κ3) is 1.48. The van der Waals surface area contributed by atoms with E-state index in [9.17, 15) is 4.79 Å². The highest BCUT2D eigenvalue weighted by Crippen LogP contribution is 2.52. The molecule has 1 amide bonds. The molecule has 0 atom stereocenters. The molecular weight excluding hydrogens is 200 g/mol. The van der Waals surface area contributed by atoms with Gasteiger partial charge in [-0.15, -0.1) is 0 Å². The molecule has 2 N–H and O–H groups in total. The molecule has 90 valence electrons. The Bertz CT molecular complexity index is 283. The molecule has 4 fully saturated rings. The average Bonchev–Trinajstić information content (AvgIpc) is 2.83. The first-order valence-electron chi connectivity index (χ1n) is 6.72. The summed E-state index contributed by atoms with van der Waals surface area (Å²) in [6, 6.07) is 0. The Balaban J connectivity index is 1.76. The van der Waals surface area contributed by atoms with Crippen molar-refractivity contribution in [3.63, 3.8) is 0 Å². The van der Waals surface area contributed by atoms with Crippen LogP contribution in [0.1, 0.15) is 51.4 Å². The second-order valence-corrected chi connectivity index (χ2v) is 6.14. The molecule has 0 spiro atoms. The monoisotopic (exact) mass is 222 g/mol. The van der Waals surface area contributed by atoms with Crippen LogP contribution in [0.15, 0.2) is 0 Å². The van der Waals surface area contributed by atoms with Gasteiger partial charge in [-0.25, -0.2) is 0 Å². The predicted octanol–water partition coefficient (Wildman–Crippen LogP) is 1.66. The number of rotatable bonds is 1. The smallest absolute Gasteiger partial charge is 0.228 e. The number of nitrogens with two attached hydrogens (primary N) is 1. The Morgan fingerprint density at radius 1 is 0.938 bits per heavy atom. The number of likely N-dealkylation sites (tertiary alicyclic amines) is 1. The number of nitrogens with zero attached hydrogens (tertiary/aromatic N) is 1. The van der Waals surface area contributed by atoms with Crippen LogP contribution in [-0.4, -0.2) is 29.4 Å². The summed E-state index contributed by atoms with van der Waals surface area (Å²) in [7, 11) is 0. The van der Waals surface area contributed by atoms with Gasteiger partial charge in [0.1, 0.15) is 0 Å². The minimum Gasteiger partial charge on any atom is -0.342 e. The topological polar surface area (TPSA) is 46.3 Å². The van der Waals surface area contributed by atoms with E-state index in [-0.39, 0.29) is 11.0 Å². The van der Waals surface area contributed by atoms with Crippen molar-refractivity contribution in [1.29, 1.82) is 0 Å². The zero-order chi connectivity index (χ0) is 11.2. The van der Waals surface area contributed by atoms with Gasteiger partial charge in [-0.3, -0.25) is 4.79 Å². The molecule has 3 heteroatoms. The fraction of sp³-hybridized carbons (Fsp3) is 0.923. The maximum atomic E-state index is 12.6. The Labute approximate surface area is 97.4 Å². The van der Waals surface area contributed by atoms with Gasteiger partial charge in [0.2, 0.25) is 5.91 Å². The molecule has 1 aliphatic heterocycles. The van der Waals surface area contributed by atoms with E-state index in [0.29, 0.717) is 5.91 Å². The number of fused-ring (bicyclic) bond motifs is 3. The summed E-state index contributed by atoms with van der Waals surface area (Å²) in [4.78, 5) is 14.7. The molecule has 0 unspecified atom stereocenters. The maximum Gasteiger partial charge on any atom is 0.228 e. The van der Waals surface area contributed by atoms with E-state index in [1.54, 1.807) is 0 Å². The number of carbonyl (C=O) groups is 1. The zero-order valence-corrected chi connectivity index (χ0v) is 10.0. The van der Waals surface area contributed by atoms with E-state index in [0.717, 1.165) is 51.6 Å². The first-order chi connectivity index (χ1) is 7.64. The van der Waals surface area contributed by atoms with Crippen molar-refractivity contribution in [3.05, 3.63) is 0 Å². The Morgan fingerprint density at radius 2 is 1.44 bits per heavy atom. The van der Waals surface area contributed by atoms with Crippen LogP contribution >= 0.6 is 0 Å². The minimum absolute atomic E-state index is 0.00847. The summed E-state index contributed by atoms with van der Waals surface area (Å²) in [6.45, 7) is 1.99. The Hall–Kier alpha value is -0.570. The van der Waals surface area contributed by atoms with Gasteiger partial charge in [-0.05, 0) is 51.4 Å². The number of carbonyl (C=O) groups excluding carboxylic acids is 1. The average molecular weight is 222 g/mol. The molecule has 3 aliphatic carbocycles. The molecule has 3 saturated carbocycles. The van der Waals surface area contributed by atoms with E-state index < -0.39 is 0 Å². The highest BCUT2D eigenvalue weighted by molar-refractivity contribution is 5.83. The molecule has 0 aromatic heterocycles. The van der Waals surface area contributed by atoms with Crippen molar-refractivity contribution in [2.45, 2.75) is 56.9 Å². The molecule has 0 aromatic rings. The summed E-state index contributed by atoms with van der Waals surface area (Å²) >= 11 is 0. The standard InChI is InChI=1S/C13H22N2O/c14-13-6-3-12(4-7-13,5-8-13)11(16)15-9-1-2-10-15/h1-10,14H2. The first-order valence-corrected chi connectivity index (χ1v) is 6.72. The molecule has 0 aromatic carbocycles. The van der Waals surface area contributed by atoms with Crippen LogP contribution in [0, 0.1) is 5.41 Å². The van der Waals surface area contributed by atoms with Crippen LogP contribution in [0.5, 0.6) is 0 Å². The highest BCUT2D eigenvalue weighted by atomic mass is 16.2. The molecular formula is C13H22N2O. The maximum absolute atomic E-state index is 12.6. The molecule has 0 radical (unpaired) electrons. The quantitative estimate of drug-likeness (QED) is 0.733. The van der Waals surface area contributed by atoms with Gasteiger partial charge in [-0.2, -0.15) is 0 Å². The minimum atomic E-state index is -0.00847.